The minimum atomic E-state index is 0.176. The second kappa shape index (κ2) is 11.4. The molecule has 3 rings (SSSR count). The molecule has 0 spiro atoms. The van der Waals surface area contributed by atoms with E-state index in [0.717, 1.165) is 38.7 Å². The van der Waals surface area contributed by atoms with Crippen LogP contribution in [0.5, 0.6) is 0 Å². The Hall–Kier alpha value is -2.17. The number of likely N-dealkylation sites (N-methyl/N-ethyl adjacent to an activating group) is 1. The number of aromatic nitrogens is 2. The van der Waals surface area contributed by atoms with E-state index in [1.807, 2.05) is 22.8 Å². The van der Waals surface area contributed by atoms with Crippen LogP contribution >= 0.6 is 0 Å². The zero-order chi connectivity index (χ0) is 22.2. The number of morpholine rings is 1. The molecule has 2 aliphatic rings. The van der Waals surface area contributed by atoms with E-state index in [9.17, 15) is 4.79 Å². The second-order valence-corrected chi connectivity index (χ2v) is 8.38. The average Bonchev–Trinajstić information content (AvgIpc) is 3.20. The molecule has 1 amide bonds. The summed E-state index contributed by atoms with van der Waals surface area (Å²) < 4.78 is 7.18. The third-order valence-electron chi connectivity index (χ3n) is 5.88. The molecule has 0 aromatic carbocycles. The number of carbonyl (C=O) groups excluding carboxylic acids is 1. The van der Waals surface area contributed by atoms with Crippen LogP contribution in [0.2, 0.25) is 0 Å². The summed E-state index contributed by atoms with van der Waals surface area (Å²) >= 11 is 0. The van der Waals surface area contributed by atoms with Crippen LogP contribution in [0.25, 0.3) is 0 Å². The van der Waals surface area contributed by atoms with Gasteiger partial charge in [0.2, 0.25) is 5.91 Å². The number of guanidine groups is 1. The Bertz CT molecular complexity index is 721. The van der Waals surface area contributed by atoms with Crippen LogP contribution in [0.15, 0.2) is 17.4 Å². The van der Waals surface area contributed by atoms with Gasteiger partial charge in [-0.05, 0) is 21.0 Å². The summed E-state index contributed by atoms with van der Waals surface area (Å²) in [5, 5.41) is 7.75. The van der Waals surface area contributed by atoms with E-state index in [0.29, 0.717) is 39.4 Å². The summed E-state index contributed by atoms with van der Waals surface area (Å²) in [7, 11) is 6.08. The molecule has 174 valence electrons. The first-order valence-corrected chi connectivity index (χ1v) is 11.2. The van der Waals surface area contributed by atoms with Crippen molar-refractivity contribution in [3.63, 3.8) is 0 Å². The maximum atomic E-state index is 12.5. The number of aliphatic imine (C=N–C) groups is 1. The van der Waals surface area contributed by atoms with E-state index in [4.69, 9.17) is 9.73 Å². The number of aryl methyl sites for hydroxylation is 1. The molecule has 10 nitrogen and oxygen atoms in total. The smallest absolute Gasteiger partial charge is 0.236 e. The number of piperazine rings is 1. The molecule has 1 unspecified atom stereocenters. The van der Waals surface area contributed by atoms with E-state index in [1.54, 1.807) is 0 Å². The summed E-state index contributed by atoms with van der Waals surface area (Å²) in [5.41, 5.74) is 1.17. The van der Waals surface area contributed by atoms with Crippen molar-refractivity contribution < 1.29 is 9.53 Å². The lowest BCUT2D eigenvalue weighted by Crippen LogP contribution is -2.55. The van der Waals surface area contributed by atoms with Gasteiger partial charge in [-0.15, -0.1) is 0 Å². The molecule has 0 aliphatic carbocycles. The molecule has 2 aliphatic heterocycles. The van der Waals surface area contributed by atoms with Crippen molar-refractivity contribution >= 4 is 11.9 Å². The Labute approximate surface area is 185 Å². The number of rotatable bonds is 7. The number of carbonyl (C=O) groups is 1. The number of hydrogen-bond acceptors (Lipinski definition) is 6. The molecule has 10 heteroatoms. The molecule has 1 aromatic rings. The van der Waals surface area contributed by atoms with E-state index in [2.05, 4.69) is 52.3 Å². The highest BCUT2D eigenvalue weighted by Gasteiger charge is 2.24. The largest absolute Gasteiger partial charge is 0.378 e. The van der Waals surface area contributed by atoms with Gasteiger partial charge in [-0.3, -0.25) is 19.4 Å². The third-order valence-corrected chi connectivity index (χ3v) is 5.88. The number of hydrogen-bond donors (Lipinski definition) is 1. The van der Waals surface area contributed by atoms with Gasteiger partial charge in [0.05, 0.1) is 38.5 Å². The van der Waals surface area contributed by atoms with E-state index in [-0.39, 0.29) is 11.9 Å². The number of nitrogens with zero attached hydrogens (tertiary/aromatic N) is 7. The predicted molar refractivity (Wildman–Crippen MR) is 121 cm³/mol. The zero-order valence-electron chi connectivity index (χ0n) is 19.5. The monoisotopic (exact) mass is 434 g/mol. The van der Waals surface area contributed by atoms with Crippen LogP contribution < -0.4 is 5.32 Å². The van der Waals surface area contributed by atoms with E-state index in [1.165, 1.54) is 5.56 Å². The molecule has 0 bridgehead atoms. The van der Waals surface area contributed by atoms with Crippen molar-refractivity contribution in [3.05, 3.63) is 18.0 Å². The Morgan fingerprint density at radius 3 is 2.48 bits per heavy atom. The first kappa shape index (κ1) is 23.5. The van der Waals surface area contributed by atoms with Gasteiger partial charge in [0, 0.05) is 64.6 Å². The highest BCUT2D eigenvalue weighted by Crippen LogP contribution is 2.18. The van der Waals surface area contributed by atoms with Gasteiger partial charge in [-0.1, -0.05) is 0 Å². The van der Waals surface area contributed by atoms with Crippen LogP contribution in [-0.2, 0) is 16.6 Å². The fraction of sp³-hybridized carbons (Fsp3) is 0.762. The summed E-state index contributed by atoms with van der Waals surface area (Å²) in [6, 6.07) is 0.176. The average molecular weight is 435 g/mol. The molecule has 1 N–H and O–H groups in total. The van der Waals surface area contributed by atoms with Crippen molar-refractivity contribution in [3.8, 4) is 0 Å². The normalized spacial score (nSPS) is 19.7. The SMILES string of the molecule is CCNC(=NCC(c1cnn(C)c1)N(C)C)N1CCN(CC(=O)N2CCOCC2)CC1. The van der Waals surface area contributed by atoms with Crippen LogP contribution in [0.1, 0.15) is 18.5 Å². The number of amides is 1. The quantitative estimate of drug-likeness (QED) is 0.456. The summed E-state index contributed by atoms with van der Waals surface area (Å²) in [4.78, 5) is 26.1. The minimum absolute atomic E-state index is 0.176. The highest BCUT2D eigenvalue weighted by molar-refractivity contribution is 5.80. The summed E-state index contributed by atoms with van der Waals surface area (Å²) in [6.45, 7) is 10.2. The van der Waals surface area contributed by atoms with Gasteiger partial charge >= 0.3 is 0 Å². The minimum Gasteiger partial charge on any atom is -0.378 e. The molecule has 2 fully saturated rings. The Balaban J connectivity index is 1.54. The predicted octanol–water partition coefficient (Wildman–Crippen LogP) is -0.535. The fourth-order valence-corrected chi connectivity index (χ4v) is 4.00. The lowest BCUT2D eigenvalue weighted by atomic mass is 10.1. The Kier molecular flexibility index (Phi) is 8.68. The Morgan fingerprint density at radius 1 is 1.19 bits per heavy atom. The topological polar surface area (TPSA) is 81.5 Å². The molecular formula is C21H38N8O2. The standard InChI is InChI=1S/C21H38N8O2/c1-5-22-21(23-15-19(25(2)3)18-14-24-26(4)16-18)29-8-6-27(7-9-29)17-20(30)28-10-12-31-13-11-28/h14,16,19H,5-13,15,17H2,1-4H3,(H,22,23). The zero-order valence-corrected chi connectivity index (χ0v) is 19.5. The van der Waals surface area contributed by atoms with Crippen LogP contribution in [0.4, 0.5) is 0 Å². The third kappa shape index (κ3) is 6.65. The summed E-state index contributed by atoms with van der Waals surface area (Å²) in [5.74, 6) is 1.15. The van der Waals surface area contributed by atoms with Gasteiger partial charge < -0.3 is 24.8 Å². The van der Waals surface area contributed by atoms with Crippen LogP contribution in [0.3, 0.4) is 0 Å². The van der Waals surface area contributed by atoms with Crippen LogP contribution in [-0.4, -0.2) is 127 Å². The lowest BCUT2D eigenvalue weighted by molar-refractivity contribution is -0.136. The molecule has 3 heterocycles. The van der Waals surface area contributed by atoms with Crippen molar-refractivity contribution in [2.45, 2.75) is 13.0 Å². The van der Waals surface area contributed by atoms with Gasteiger partial charge in [0.1, 0.15) is 0 Å². The molecular weight excluding hydrogens is 396 g/mol. The van der Waals surface area contributed by atoms with Crippen molar-refractivity contribution in [1.82, 2.24) is 34.7 Å². The summed E-state index contributed by atoms with van der Waals surface area (Å²) in [6.07, 6.45) is 3.97. The first-order chi connectivity index (χ1) is 15.0. The molecule has 2 saturated heterocycles. The second-order valence-electron chi connectivity index (χ2n) is 8.38. The van der Waals surface area contributed by atoms with Gasteiger partial charge in [0.15, 0.2) is 5.96 Å². The molecule has 1 aromatic heterocycles. The maximum Gasteiger partial charge on any atom is 0.236 e. The lowest BCUT2D eigenvalue weighted by Gasteiger charge is -2.37. The number of nitrogens with one attached hydrogen (secondary N) is 1. The molecule has 0 radical (unpaired) electrons. The molecule has 31 heavy (non-hydrogen) atoms. The molecule has 1 atom stereocenters. The van der Waals surface area contributed by atoms with Crippen molar-refractivity contribution in [2.75, 3.05) is 86.2 Å². The Morgan fingerprint density at radius 2 is 1.90 bits per heavy atom. The van der Waals surface area contributed by atoms with E-state index >= 15 is 0 Å². The maximum absolute atomic E-state index is 12.5. The highest BCUT2D eigenvalue weighted by atomic mass is 16.5. The van der Waals surface area contributed by atoms with Gasteiger partial charge in [-0.25, -0.2) is 0 Å². The first-order valence-electron chi connectivity index (χ1n) is 11.2. The molecule has 0 saturated carbocycles. The van der Waals surface area contributed by atoms with Gasteiger partial charge in [0.25, 0.3) is 0 Å². The fourth-order valence-electron chi connectivity index (χ4n) is 4.00. The van der Waals surface area contributed by atoms with Crippen molar-refractivity contribution in [2.24, 2.45) is 12.0 Å². The van der Waals surface area contributed by atoms with E-state index < -0.39 is 0 Å². The number of ether oxygens (including phenoxy) is 1. The van der Waals surface area contributed by atoms with Gasteiger partial charge in [-0.2, -0.15) is 5.10 Å². The van der Waals surface area contributed by atoms with Crippen molar-refractivity contribution in [1.29, 1.82) is 0 Å². The van der Waals surface area contributed by atoms with Crippen LogP contribution in [0, 0.1) is 0 Å².